The predicted octanol–water partition coefficient (Wildman–Crippen LogP) is 5.06. The zero-order chi connectivity index (χ0) is 29.8. The number of ether oxygens (including phenoxy) is 1. The van der Waals surface area contributed by atoms with Crippen molar-refractivity contribution in [1.29, 1.82) is 0 Å². The Labute approximate surface area is 248 Å². The molecule has 0 aliphatic carbocycles. The Kier molecular flexibility index (Phi) is 12.0. The van der Waals surface area contributed by atoms with E-state index in [2.05, 4.69) is 5.32 Å². The molecule has 0 heterocycles. The van der Waals surface area contributed by atoms with E-state index in [0.29, 0.717) is 29.4 Å². The number of nitrogens with one attached hydrogen (secondary N) is 1. The number of benzene rings is 3. The normalized spacial score (nSPS) is 11.9. The van der Waals surface area contributed by atoms with Gasteiger partial charge in [0, 0.05) is 37.5 Å². The number of rotatable bonds is 15. The zero-order valence-corrected chi connectivity index (χ0v) is 25.3. The number of methoxy groups -OCH3 is 1. The Morgan fingerprint density at radius 1 is 0.976 bits per heavy atom. The van der Waals surface area contributed by atoms with E-state index < -0.39 is 16.1 Å². The maximum absolute atomic E-state index is 13.9. The second-order valence-electron chi connectivity index (χ2n) is 9.78. The summed E-state index contributed by atoms with van der Waals surface area (Å²) in [5, 5.41) is 3.46. The first kappa shape index (κ1) is 32.0. The molecule has 1 N–H and O–H groups in total. The first-order chi connectivity index (χ1) is 19.6. The van der Waals surface area contributed by atoms with Crippen LogP contribution in [0.2, 0.25) is 5.02 Å². The lowest BCUT2D eigenvalue weighted by Gasteiger charge is -2.32. The highest BCUT2D eigenvalue weighted by Gasteiger charge is 2.30. The number of hydrogen-bond donors (Lipinski definition) is 1. The molecule has 0 saturated heterocycles. The maximum atomic E-state index is 13.9. The zero-order valence-electron chi connectivity index (χ0n) is 23.8. The Bertz CT molecular complexity index is 1380. The lowest BCUT2D eigenvalue weighted by atomic mass is 10.0. The maximum Gasteiger partial charge on any atom is 0.243 e. The van der Waals surface area contributed by atoms with Crippen LogP contribution >= 0.6 is 11.6 Å². The van der Waals surface area contributed by atoms with Crippen molar-refractivity contribution < 1.29 is 22.7 Å². The minimum atomic E-state index is -3.60. The summed E-state index contributed by atoms with van der Waals surface area (Å²) in [5.74, 6) is 0.174. The average Bonchev–Trinajstić information content (AvgIpc) is 2.96. The van der Waals surface area contributed by atoms with Crippen molar-refractivity contribution in [3.63, 3.8) is 0 Å². The van der Waals surface area contributed by atoms with E-state index in [9.17, 15) is 18.0 Å². The number of carbonyl (C=O) groups is 2. The largest absolute Gasteiger partial charge is 0.497 e. The average molecular weight is 600 g/mol. The van der Waals surface area contributed by atoms with Crippen LogP contribution in [-0.2, 0) is 32.6 Å². The van der Waals surface area contributed by atoms with Gasteiger partial charge in [0.2, 0.25) is 21.8 Å². The molecular formula is C31H38ClN3O5S. The molecule has 0 radical (unpaired) electrons. The third kappa shape index (κ3) is 9.79. The van der Waals surface area contributed by atoms with Gasteiger partial charge < -0.3 is 15.0 Å². The van der Waals surface area contributed by atoms with Crippen molar-refractivity contribution in [3.05, 3.63) is 95.0 Å². The highest BCUT2D eigenvalue weighted by Crippen LogP contribution is 2.23. The van der Waals surface area contributed by atoms with E-state index in [4.69, 9.17) is 16.3 Å². The van der Waals surface area contributed by atoms with Gasteiger partial charge in [-0.2, -0.15) is 0 Å². The molecule has 0 spiro atoms. The molecule has 3 aromatic rings. The van der Waals surface area contributed by atoms with Gasteiger partial charge in [0.15, 0.2) is 0 Å². The first-order valence-corrected chi connectivity index (χ1v) is 15.8. The lowest BCUT2D eigenvalue weighted by Crippen LogP contribution is -2.50. The van der Waals surface area contributed by atoms with Gasteiger partial charge in [-0.25, -0.2) is 8.42 Å². The smallest absolute Gasteiger partial charge is 0.243 e. The summed E-state index contributed by atoms with van der Waals surface area (Å²) in [6.45, 7) is 2.76. The van der Waals surface area contributed by atoms with Crippen molar-refractivity contribution in [2.75, 3.05) is 30.8 Å². The number of sulfonamides is 1. The molecule has 0 aliphatic rings. The van der Waals surface area contributed by atoms with Gasteiger partial charge in [0.25, 0.3) is 0 Å². The minimum absolute atomic E-state index is 0.0515. The standard InChI is InChI=1S/C31H38ClN3O5S/c1-4-19-33-31(37)29(22-24-10-6-5-7-11-24)34(23-25-12-8-13-28(21-25)40-2)30(36)14-9-20-35(41(3,38)39)27-17-15-26(32)16-18-27/h5-8,10-13,15-18,21,29H,4,9,14,19-20,22-23H2,1-3H3,(H,33,37). The Morgan fingerprint density at radius 3 is 2.29 bits per heavy atom. The fourth-order valence-corrected chi connectivity index (χ4v) is 5.59. The predicted molar refractivity (Wildman–Crippen MR) is 164 cm³/mol. The minimum Gasteiger partial charge on any atom is -0.497 e. The van der Waals surface area contributed by atoms with Crippen molar-refractivity contribution in [3.8, 4) is 5.75 Å². The topological polar surface area (TPSA) is 96.0 Å². The Balaban J connectivity index is 1.88. The van der Waals surface area contributed by atoms with E-state index in [-0.39, 0.29) is 37.7 Å². The third-order valence-corrected chi connectivity index (χ3v) is 8.02. The van der Waals surface area contributed by atoms with Crippen LogP contribution in [0.25, 0.3) is 0 Å². The summed E-state index contributed by atoms with van der Waals surface area (Å²) in [6.07, 6.45) is 2.55. The van der Waals surface area contributed by atoms with Gasteiger partial charge in [-0.05, 0) is 60.4 Å². The molecule has 0 bridgehead atoms. The molecule has 1 unspecified atom stereocenters. The number of halogens is 1. The first-order valence-electron chi connectivity index (χ1n) is 13.6. The van der Waals surface area contributed by atoms with Gasteiger partial charge in [-0.3, -0.25) is 13.9 Å². The second-order valence-corrected chi connectivity index (χ2v) is 12.1. The van der Waals surface area contributed by atoms with Gasteiger partial charge in [0.1, 0.15) is 11.8 Å². The van der Waals surface area contributed by atoms with Crippen LogP contribution in [0.15, 0.2) is 78.9 Å². The molecule has 3 rings (SSSR count). The molecule has 0 aromatic heterocycles. The second kappa shape index (κ2) is 15.4. The molecule has 2 amide bonds. The van der Waals surface area contributed by atoms with Crippen LogP contribution in [0, 0.1) is 0 Å². The van der Waals surface area contributed by atoms with Crippen molar-refractivity contribution >= 4 is 39.1 Å². The summed E-state index contributed by atoms with van der Waals surface area (Å²) < 4.78 is 31.8. The van der Waals surface area contributed by atoms with E-state index in [1.165, 1.54) is 4.31 Å². The molecular weight excluding hydrogens is 562 g/mol. The van der Waals surface area contributed by atoms with E-state index in [1.807, 2.05) is 61.5 Å². The summed E-state index contributed by atoms with van der Waals surface area (Å²) in [6, 6.07) is 22.7. The van der Waals surface area contributed by atoms with E-state index in [1.54, 1.807) is 36.3 Å². The SMILES string of the molecule is CCCNC(=O)C(Cc1ccccc1)N(Cc1cccc(OC)c1)C(=O)CCCN(c1ccc(Cl)cc1)S(C)(=O)=O. The summed E-state index contributed by atoms with van der Waals surface area (Å²) in [7, 11) is -2.02. The van der Waals surface area contributed by atoms with Crippen LogP contribution in [0.3, 0.4) is 0 Å². The van der Waals surface area contributed by atoms with Crippen LogP contribution < -0.4 is 14.4 Å². The van der Waals surface area contributed by atoms with Crippen LogP contribution in [0.1, 0.15) is 37.3 Å². The summed E-state index contributed by atoms with van der Waals surface area (Å²) in [5.41, 5.74) is 2.22. The molecule has 10 heteroatoms. The van der Waals surface area contributed by atoms with Crippen LogP contribution in [0.4, 0.5) is 5.69 Å². The van der Waals surface area contributed by atoms with Gasteiger partial charge in [-0.1, -0.05) is 61.0 Å². The number of nitrogens with zero attached hydrogens (tertiary/aromatic N) is 2. The quantitative estimate of drug-likeness (QED) is 0.263. The molecule has 0 aliphatic heterocycles. The number of anilines is 1. The molecule has 41 heavy (non-hydrogen) atoms. The van der Waals surface area contributed by atoms with Crippen molar-refractivity contribution in [2.24, 2.45) is 0 Å². The van der Waals surface area contributed by atoms with Crippen molar-refractivity contribution in [2.45, 2.75) is 45.2 Å². The summed E-state index contributed by atoms with van der Waals surface area (Å²) in [4.78, 5) is 28.9. The molecule has 3 aromatic carbocycles. The number of amides is 2. The van der Waals surface area contributed by atoms with Crippen LogP contribution in [0.5, 0.6) is 5.75 Å². The molecule has 0 fully saturated rings. The van der Waals surface area contributed by atoms with Gasteiger partial charge in [0.05, 0.1) is 19.1 Å². The fourth-order valence-electron chi connectivity index (χ4n) is 4.50. The highest BCUT2D eigenvalue weighted by atomic mass is 35.5. The Hall–Kier alpha value is -3.56. The van der Waals surface area contributed by atoms with E-state index >= 15 is 0 Å². The Morgan fingerprint density at radius 2 is 1.66 bits per heavy atom. The van der Waals surface area contributed by atoms with E-state index in [0.717, 1.165) is 23.8 Å². The fraction of sp³-hybridized carbons (Fsp3) is 0.355. The third-order valence-electron chi connectivity index (χ3n) is 6.57. The summed E-state index contributed by atoms with van der Waals surface area (Å²) >= 11 is 5.98. The molecule has 0 saturated carbocycles. The number of hydrogen-bond acceptors (Lipinski definition) is 5. The van der Waals surface area contributed by atoms with Crippen molar-refractivity contribution in [1.82, 2.24) is 10.2 Å². The van der Waals surface area contributed by atoms with Crippen LogP contribution in [-0.4, -0.2) is 57.6 Å². The molecule has 8 nitrogen and oxygen atoms in total. The van der Waals surface area contributed by atoms with Gasteiger partial charge >= 0.3 is 0 Å². The van der Waals surface area contributed by atoms with Gasteiger partial charge in [-0.15, -0.1) is 0 Å². The highest BCUT2D eigenvalue weighted by molar-refractivity contribution is 7.92. The lowest BCUT2D eigenvalue weighted by molar-refractivity contribution is -0.141. The molecule has 220 valence electrons. The molecule has 1 atom stereocenters. The number of carbonyl (C=O) groups excluding carboxylic acids is 2. The monoisotopic (exact) mass is 599 g/mol.